The average molecular weight is 287 g/mol. The monoisotopic (exact) mass is 287 g/mol. The maximum absolute atomic E-state index is 11.9. The summed E-state index contributed by atoms with van der Waals surface area (Å²) in [6.45, 7) is 4.19. The first kappa shape index (κ1) is 14.5. The minimum absolute atomic E-state index is 0.0234. The third kappa shape index (κ3) is 2.98. The van der Waals surface area contributed by atoms with E-state index < -0.39 is 0 Å². The lowest BCUT2D eigenvalue weighted by Gasteiger charge is -2.24. The fourth-order valence-electron chi connectivity index (χ4n) is 2.44. The summed E-state index contributed by atoms with van der Waals surface area (Å²) in [6, 6.07) is 9.63. The molecule has 1 heterocycles. The zero-order valence-electron chi connectivity index (χ0n) is 11.4. The van der Waals surface area contributed by atoms with E-state index in [0.717, 1.165) is 10.6 Å². The van der Waals surface area contributed by atoms with Gasteiger partial charge in [-0.05, 0) is 18.1 Å². The van der Waals surface area contributed by atoms with Crippen molar-refractivity contribution < 1.29 is 9.53 Å². The van der Waals surface area contributed by atoms with E-state index in [1.165, 1.54) is 7.11 Å². The van der Waals surface area contributed by atoms with Crippen LogP contribution in [0.3, 0.4) is 0 Å². The summed E-state index contributed by atoms with van der Waals surface area (Å²) in [7, 11) is 1.41. The van der Waals surface area contributed by atoms with Gasteiger partial charge in [0.15, 0.2) is 0 Å². The predicted molar refractivity (Wildman–Crippen MR) is 82.2 cm³/mol. The van der Waals surface area contributed by atoms with E-state index in [2.05, 4.69) is 12.3 Å². The van der Waals surface area contributed by atoms with Crippen LogP contribution in [0, 0.1) is 5.92 Å². The predicted octanol–water partition coefficient (Wildman–Crippen LogP) is 2.72. The average Bonchev–Trinajstić information content (AvgIpc) is 2.77. The topological polar surface area (TPSA) is 29.5 Å². The van der Waals surface area contributed by atoms with E-state index >= 15 is 0 Å². The van der Waals surface area contributed by atoms with Crippen LogP contribution in [0.5, 0.6) is 0 Å². The number of benzene rings is 1. The first-order valence-electron chi connectivity index (χ1n) is 6.45. The highest BCUT2D eigenvalue weighted by Crippen LogP contribution is 2.29. The number of carbonyl (C=O) groups excluding carboxylic acids is 1. The number of hydrogen-bond acceptors (Lipinski definition) is 3. The molecule has 2 atom stereocenters. The Morgan fingerprint density at radius 2 is 2.25 bits per heavy atom. The number of thiocarbonyl (C=S) groups is 1. The van der Waals surface area contributed by atoms with Gasteiger partial charge in [-0.1, -0.05) is 49.1 Å². The van der Waals surface area contributed by atoms with Crippen molar-refractivity contribution in [1.29, 1.82) is 0 Å². The highest BCUT2D eigenvalue weighted by molar-refractivity contribution is 7.80. The highest BCUT2D eigenvalue weighted by atomic mass is 32.1. The maximum atomic E-state index is 11.9. The second kappa shape index (κ2) is 6.51. The SMILES string of the molecule is C=C=C[C@H]1C[C@@H](C(=O)OC)N(Cc2ccccc2)C1=S. The molecule has 0 saturated carbocycles. The van der Waals surface area contributed by atoms with Crippen LogP contribution in [0.15, 0.2) is 48.7 Å². The van der Waals surface area contributed by atoms with Crippen LogP contribution in [0.25, 0.3) is 0 Å². The number of esters is 1. The van der Waals surface area contributed by atoms with Crippen LogP contribution >= 0.6 is 12.2 Å². The van der Waals surface area contributed by atoms with Crippen LogP contribution in [0.1, 0.15) is 12.0 Å². The van der Waals surface area contributed by atoms with Gasteiger partial charge in [0.25, 0.3) is 0 Å². The van der Waals surface area contributed by atoms with Crippen molar-refractivity contribution >= 4 is 23.2 Å². The van der Waals surface area contributed by atoms with Gasteiger partial charge in [0.1, 0.15) is 6.04 Å². The van der Waals surface area contributed by atoms with Gasteiger partial charge in [0, 0.05) is 12.5 Å². The summed E-state index contributed by atoms with van der Waals surface area (Å²) in [6.07, 6.45) is 2.45. The Balaban J connectivity index is 2.23. The normalized spacial score (nSPS) is 21.4. The molecule has 0 radical (unpaired) electrons. The van der Waals surface area contributed by atoms with Crippen molar-refractivity contribution in [3.05, 3.63) is 54.3 Å². The lowest BCUT2D eigenvalue weighted by molar-refractivity contribution is -0.145. The fraction of sp³-hybridized carbons (Fsp3) is 0.312. The van der Waals surface area contributed by atoms with E-state index in [9.17, 15) is 4.79 Å². The first-order chi connectivity index (χ1) is 9.67. The Morgan fingerprint density at radius 3 is 2.85 bits per heavy atom. The lowest BCUT2D eigenvalue weighted by Crippen LogP contribution is -2.38. The van der Waals surface area contributed by atoms with Gasteiger partial charge in [-0.2, -0.15) is 0 Å². The van der Waals surface area contributed by atoms with Crippen LogP contribution in [0.2, 0.25) is 0 Å². The number of hydrogen-bond donors (Lipinski definition) is 0. The summed E-state index contributed by atoms with van der Waals surface area (Å²) in [5.41, 5.74) is 3.88. The van der Waals surface area contributed by atoms with Crippen LogP contribution in [-0.2, 0) is 16.1 Å². The molecule has 0 spiro atoms. The van der Waals surface area contributed by atoms with Crippen molar-refractivity contribution in [1.82, 2.24) is 4.90 Å². The number of rotatable bonds is 4. The zero-order valence-corrected chi connectivity index (χ0v) is 12.2. The van der Waals surface area contributed by atoms with E-state index in [-0.39, 0.29) is 17.9 Å². The van der Waals surface area contributed by atoms with E-state index in [4.69, 9.17) is 17.0 Å². The van der Waals surface area contributed by atoms with Crippen molar-refractivity contribution in [2.24, 2.45) is 5.92 Å². The van der Waals surface area contributed by atoms with Gasteiger partial charge >= 0.3 is 5.97 Å². The molecule has 1 aromatic carbocycles. The molecule has 0 amide bonds. The van der Waals surface area contributed by atoms with E-state index in [0.29, 0.717) is 13.0 Å². The second-order valence-corrected chi connectivity index (χ2v) is 5.12. The summed E-state index contributed by atoms with van der Waals surface area (Å²) >= 11 is 5.49. The van der Waals surface area contributed by atoms with Crippen molar-refractivity contribution in [3.63, 3.8) is 0 Å². The largest absolute Gasteiger partial charge is 0.467 e. The Kier molecular flexibility index (Phi) is 4.72. The minimum atomic E-state index is -0.331. The maximum Gasteiger partial charge on any atom is 0.328 e. The molecule has 1 saturated heterocycles. The molecule has 0 aliphatic carbocycles. The second-order valence-electron chi connectivity index (χ2n) is 4.70. The van der Waals surface area contributed by atoms with Gasteiger partial charge in [0.05, 0.1) is 12.1 Å². The zero-order chi connectivity index (χ0) is 14.5. The van der Waals surface area contributed by atoms with Crippen LogP contribution in [0.4, 0.5) is 0 Å². The minimum Gasteiger partial charge on any atom is -0.467 e. The molecule has 3 nitrogen and oxygen atoms in total. The summed E-state index contributed by atoms with van der Waals surface area (Å²) in [5.74, 6) is -0.224. The Bertz CT molecular complexity index is 549. The molecule has 0 unspecified atom stereocenters. The fourth-order valence-corrected chi connectivity index (χ4v) is 2.80. The lowest BCUT2D eigenvalue weighted by atomic mass is 10.1. The molecular formula is C16H17NO2S. The van der Waals surface area contributed by atoms with E-state index in [1.807, 2.05) is 41.3 Å². The molecular weight excluding hydrogens is 270 g/mol. The number of ether oxygens (including phenoxy) is 1. The van der Waals surface area contributed by atoms with Crippen molar-refractivity contribution in [2.75, 3.05) is 7.11 Å². The van der Waals surface area contributed by atoms with Crippen molar-refractivity contribution in [3.8, 4) is 0 Å². The third-order valence-electron chi connectivity index (χ3n) is 3.44. The molecule has 20 heavy (non-hydrogen) atoms. The van der Waals surface area contributed by atoms with Gasteiger partial charge in [-0.25, -0.2) is 4.79 Å². The molecule has 1 aromatic rings. The molecule has 104 valence electrons. The standard InChI is InChI=1S/C16H17NO2S/c1-3-7-13-10-14(16(18)19-2)17(15(13)20)11-12-8-5-4-6-9-12/h4-9,13-14H,1,10-11H2,2H3/t13-,14-/m0/s1. The van der Waals surface area contributed by atoms with Crippen LogP contribution in [-0.4, -0.2) is 29.0 Å². The Labute approximate surface area is 124 Å². The number of carbonyl (C=O) groups is 1. The molecule has 1 fully saturated rings. The van der Waals surface area contributed by atoms with Gasteiger partial charge in [-0.15, -0.1) is 5.73 Å². The van der Waals surface area contributed by atoms with Crippen molar-refractivity contribution in [2.45, 2.75) is 19.0 Å². The van der Waals surface area contributed by atoms with Gasteiger partial charge < -0.3 is 9.64 Å². The number of nitrogens with zero attached hydrogens (tertiary/aromatic N) is 1. The summed E-state index contributed by atoms with van der Waals surface area (Å²) < 4.78 is 4.89. The van der Waals surface area contributed by atoms with Crippen LogP contribution < -0.4 is 0 Å². The molecule has 1 aliphatic heterocycles. The molecule has 1 aliphatic rings. The summed E-state index contributed by atoms with van der Waals surface area (Å²) in [5, 5.41) is 0. The molecule has 0 N–H and O–H groups in total. The molecule has 0 bridgehead atoms. The Morgan fingerprint density at radius 1 is 1.55 bits per heavy atom. The number of methoxy groups -OCH3 is 1. The molecule has 4 heteroatoms. The highest BCUT2D eigenvalue weighted by Gasteiger charge is 2.39. The van der Waals surface area contributed by atoms with Gasteiger partial charge in [-0.3, -0.25) is 0 Å². The molecule has 2 rings (SSSR count). The summed E-state index contributed by atoms with van der Waals surface area (Å²) in [4.78, 5) is 14.6. The smallest absolute Gasteiger partial charge is 0.328 e. The number of likely N-dealkylation sites (tertiary alicyclic amines) is 1. The quantitative estimate of drug-likeness (QED) is 0.484. The third-order valence-corrected chi connectivity index (χ3v) is 3.98. The van der Waals surface area contributed by atoms with Gasteiger partial charge in [0.2, 0.25) is 0 Å². The van der Waals surface area contributed by atoms with E-state index in [1.54, 1.807) is 0 Å². The molecule has 0 aromatic heterocycles. The Hall–Kier alpha value is -1.90. The first-order valence-corrected chi connectivity index (χ1v) is 6.86.